The molecular weight excluding hydrogens is 260 g/mol. The van der Waals surface area contributed by atoms with Crippen LogP contribution in [0.15, 0.2) is 0 Å². The lowest BCUT2D eigenvalue weighted by Gasteiger charge is -2.32. The molecule has 19 heavy (non-hydrogen) atoms. The third-order valence-electron chi connectivity index (χ3n) is 2.71. The van der Waals surface area contributed by atoms with Crippen LogP contribution in [0.1, 0.15) is 59.3 Å². The quantitative estimate of drug-likeness (QED) is 0.279. The minimum absolute atomic E-state index is 0.223. The molecule has 0 atom stereocenters. The molecule has 0 saturated carbocycles. The Morgan fingerprint density at radius 2 is 1.11 bits per heavy atom. The molecule has 0 aromatic carbocycles. The molecule has 0 bridgehead atoms. The van der Waals surface area contributed by atoms with Gasteiger partial charge in [0, 0.05) is 0 Å². The van der Waals surface area contributed by atoms with Crippen molar-refractivity contribution in [3.8, 4) is 0 Å². The van der Waals surface area contributed by atoms with Crippen LogP contribution < -0.4 is 0 Å². The molecule has 0 aliphatic carbocycles. The van der Waals surface area contributed by atoms with Gasteiger partial charge in [-0.25, -0.2) is 0 Å². The normalized spacial score (nSPS) is 12.0. The molecule has 0 saturated heterocycles. The molecule has 5 heteroatoms. The average molecular weight is 289 g/mol. The third kappa shape index (κ3) is 9.57. The standard InChI is InChI=1S/C14H29O4Si/c1-4-7-10-15-14(13-18-19,16-11-8-5-2)17-12-9-6-3/h4-13H2,1-3H3. The summed E-state index contributed by atoms with van der Waals surface area (Å²) in [7, 11) is 3.02. The Bertz CT molecular complexity index is 164. The largest absolute Gasteiger partial charge is 0.410 e. The van der Waals surface area contributed by atoms with Gasteiger partial charge in [0.15, 0.2) is 0 Å². The van der Waals surface area contributed by atoms with Gasteiger partial charge < -0.3 is 18.6 Å². The lowest BCUT2D eigenvalue weighted by molar-refractivity contribution is -0.389. The smallest absolute Gasteiger partial charge is 0.306 e. The van der Waals surface area contributed by atoms with Crippen molar-refractivity contribution in [2.75, 3.05) is 26.4 Å². The van der Waals surface area contributed by atoms with Gasteiger partial charge >= 0.3 is 5.97 Å². The van der Waals surface area contributed by atoms with E-state index in [1.165, 1.54) is 0 Å². The second kappa shape index (κ2) is 13.1. The molecule has 0 aromatic rings. The highest BCUT2D eigenvalue weighted by molar-refractivity contribution is 5.97. The summed E-state index contributed by atoms with van der Waals surface area (Å²) in [6.45, 7) is 8.45. The van der Waals surface area contributed by atoms with Crippen LogP contribution in [0.25, 0.3) is 0 Å². The summed E-state index contributed by atoms with van der Waals surface area (Å²) in [5.41, 5.74) is 0. The molecule has 0 rings (SSSR count). The zero-order chi connectivity index (χ0) is 14.4. The van der Waals surface area contributed by atoms with Crippen molar-refractivity contribution in [1.29, 1.82) is 0 Å². The molecule has 0 aliphatic heterocycles. The van der Waals surface area contributed by atoms with Crippen molar-refractivity contribution < 1.29 is 18.6 Å². The van der Waals surface area contributed by atoms with Gasteiger partial charge in [0.2, 0.25) is 10.5 Å². The fraction of sp³-hybridized carbons (Fsp3) is 1.00. The number of hydrogen-bond donors (Lipinski definition) is 0. The van der Waals surface area contributed by atoms with E-state index in [1.807, 2.05) is 0 Å². The van der Waals surface area contributed by atoms with Crippen LogP contribution in [0.2, 0.25) is 0 Å². The predicted octanol–water partition coefficient (Wildman–Crippen LogP) is 3.19. The van der Waals surface area contributed by atoms with Crippen LogP contribution >= 0.6 is 0 Å². The molecule has 0 fully saturated rings. The zero-order valence-electron chi connectivity index (χ0n) is 12.7. The van der Waals surface area contributed by atoms with E-state index < -0.39 is 5.97 Å². The zero-order valence-corrected chi connectivity index (χ0v) is 13.7. The van der Waals surface area contributed by atoms with Crippen LogP contribution in [-0.2, 0) is 18.6 Å². The summed E-state index contributed by atoms with van der Waals surface area (Å²) in [5.74, 6) is -1.07. The van der Waals surface area contributed by atoms with Gasteiger partial charge in [0.05, 0.1) is 19.8 Å². The van der Waals surface area contributed by atoms with Crippen LogP contribution in [0, 0.1) is 0 Å². The molecule has 113 valence electrons. The molecule has 3 radical (unpaired) electrons. The minimum Gasteiger partial charge on any atom is -0.410 e. The summed E-state index contributed by atoms with van der Waals surface area (Å²) in [6.07, 6.45) is 6.19. The van der Waals surface area contributed by atoms with Gasteiger partial charge in [-0.3, -0.25) is 0 Å². The van der Waals surface area contributed by atoms with Crippen LogP contribution in [-0.4, -0.2) is 42.9 Å². The van der Waals surface area contributed by atoms with Crippen LogP contribution in [0.5, 0.6) is 0 Å². The van der Waals surface area contributed by atoms with Crippen molar-refractivity contribution >= 4 is 10.5 Å². The summed E-state index contributed by atoms with van der Waals surface area (Å²) < 4.78 is 22.4. The van der Waals surface area contributed by atoms with E-state index in [9.17, 15) is 0 Å². The lowest BCUT2D eigenvalue weighted by atomic mass is 10.3. The maximum absolute atomic E-state index is 5.80. The topological polar surface area (TPSA) is 36.9 Å². The van der Waals surface area contributed by atoms with E-state index >= 15 is 0 Å². The van der Waals surface area contributed by atoms with E-state index in [0.29, 0.717) is 19.8 Å². The Hall–Kier alpha value is 0.0569. The van der Waals surface area contributed by atoms with Crippen LogP contribution in [0.3, 0.4) is 0 Å². The van der Waals surface area contributed by atoms with E-state index in [1.54, 1.807) is 0 Å². The molecule has 0 N–H and O–H groups in total. The molecular formula is C14H29O4Si. The van der Waals surface area contributed by atoms with Gasteiger partial charge in [0.1, 0.15) is 6.61 Å². The Morgan fingerprint density at radius 3 is 1.37 bits per heavy atom. The molecule has 0 heterocycles. The van der Waals surface area contributed by atoms with Crippen LogP contribution in [0.4, 0.5) is 0 Å². The molecule has 0 spiro atoms. The summed E-state index contributed by atoms with van der Waals surface area (Å²) in [6, 6.07) is 0. The Balaban J connectivity index is 4.37. The van der Waals surface area contributed by atoms with Crippen molar-refractivity contribution in [2.24, 2.45) is 0 Å². The van der Waals surface area contributed by atoms with E-state index in [4.69, 9.17) is 18.6 Å². The highest BCUT2D eigenvalue weighted by atomic mass is 28.2. The molecule has 4 nitrogen and oxygen atoms in total. The maximum atomic E-state index is 5.80. The van der Waals surface area contributed by atoms with E-state index in [0.717, 1.165) is 38.5 Å². The van der Waals surface area contributed by atoms with E-state index in [-0.39, 0.29) is 6.61 Å². The highest BCUT2D eigenvalue weighted by Crippen LogP contribution is 2.18. The first-order chi connectivity index (χ1) is 9.24. The van der Waals surface area contributed by atoms with Gasteiger partial charge in [-0.1, -0.05) is 40.0 Å². The number of unbranched alkanes of at least 4 members (excludes halogenated alkanes) is 3. The fourth-order valence-electron chi connectivity index (χ4n) is 1.45. The summed E-state index contributed by atoms with van der Waals surface area (Å²) in [5, 5.41) is 0. The Morgan fingerprint density at radius 1 is 0.737 bits per heavy atom. The second-order valence-corrected chi connectivity index (χ2v) is 4.87. The van der Waals surface area contributed by atoms with Crippen molar-refractivity contribution in [3.63, 3.8) is 0 Å². The van der Waals surface area contributed by atoms with Gasteiger partial charge in [-0.15, -0.1) is 0 Å². The first kappa shape index (κ1) is 19.1. The monoisotopic (exact) mass is 289 g/mol. The lowest BCUT2D eigenvalue weighted by Crippen LogP contribution is -2.44. The number of hydrogen-bond acceptors (Lipinski definition) is 4. The first-order valence-electron chi connectivity index (χ1n) is 7.45. The van der Waals surface area contributed by atoms with E-state index in [2.05, 4.69) is 31.3 Å². The fourth-order valence-corrected chi connectivity index (χ4v) is 1.63. The average Bonchev–Trinajstić information content (AvgIpc) is 2.40. The van der Waals surface area contributed by atoms with Gasteiger partial charge in [-0.2, -0.15) is 0 Å². The summed E-state index contributed by atoms with van der Waals surface area (Å²) >= 11 is 0. The molecule has 0 amide bonds. The van der Waals surface area contributed by atoms with Gasteiger partial charge in [0.25, 0.3) is 0 Å². The Kier molecular flexibility index (Phi) is 13.1. The third-order valence-corrected chi connectivity index (χ3v) is 2.85. The highest BCUT2D eigenvalue weighted by Gasteiger charge is 2.33. The number of ether oxygens (including phenoxy) is 3. The summed E-state index contributed by atoms with van der Waals surface area (Å²) in [4.78, 5) is 0. The SMILES string of the molecule is CCCCOC(CO[Si])(OCCCC)OCCCC. The molecule has 0 aliphatic rings. The first-order valence-corrected chi connectivity index (χ1v) is 7.85. The van der Waals surface area contributed by atoms with Crippen molar-refractivity contribution in [1.82, 2.24) is 0 Å². The number of rotatable bonds is 14. The minimum atomic E-state index is -1.07. The molecule has 0 aromatic heterocycles. The maximum Gasteiger partial charge on any atom is 0.306 e. The molecule has 0 unspecified atom stereocenters. The second-order valence-electron chi connectivity index (χ2n) is 4.58. The predicted molar refractivity (Wildman–Crippen MR) is 77.0 cm³/mol. The van der Waals surface area contributed by atoms with Crippen molar-refractivity contribution in [2.45, 2.75) is 65.3 Å². The Labute approximate surface area is 121 Å². The van der Waals surface area contributed by atoms with Gasteiger partial charge in [-0.05, 0) is 19.3 Å². The van der Waals surface area contributed by atoms with Crippen molar-refractivity contribution in [3.05, 3.63) is 0 Å².